The Kier molecular flexibility index (Phi) is 10.8. The van der Waals surface area contributed by atoms with Crippen molar-refractivity contribution in [1.29, 1.82) is 0 Å². The number of hydrogen-bond acceptors (Lipinski definition) is 5. The molecule has 0 bridgehead atoms. The molecular formula is C29H34ClF3N4O4. The van der Waals surface area contributed by atoms with E-state index in [-0.39, 0.29) is 41.3 Å². The summed E-state index contributed by atoms with van der Waals surface area (Å²) in [6.07, 6.45) is -3.30. The molecule has 0 aliphatic heterocycles. The molecule has 0 radical (unpaired) electrons. The minimum atomic E-state index is -4.55. The summed E-state index contributed by atoms with van der Waals surface area (Å²) >= 11 is 6.08. The van der Waals surface area contributed by atoms with Crippen LogP contribution in [-0.4, -0.2) is 51.4 Å². The maximum absolute atomic E-state index is 12.9. The Labute approximate surface area is 241 Å². The summed E-state index contributed by atoms with van der Waals surface area (Å²) in [4.78, 5) is 29.1. The van der Waals surface area contributed by atoms with Crippen LogP contribution in [0.1, 0.15) is 61.4 Å². The molecule has 222 valence electrons. The first-order chi connectivity index (χ1) is 19.3. The number of nitrogens with one attached hydrogen (secondary N) is 2. The lowest BCUT2D eigenvalue weighted by Gasteiger charge is -2.20. The average molecular weight is 595 g/mol. The van der Waals surface area contributed by atoms with Crippen molar-refractivity contribution < 1.29 is 32.6 Å². The number of carbonyl (C=O) groups is 2. The molecule has 0 fully saturated rings. The number of aryl methyl sites for hydroxylation is 1. The molecule has 0 saturated carbocycles. The van der Waals surface area contributed by atoms with Gasteiger partial charge in [-0.3, -0.25) is 9.59 Å². The van der Waals surface area contributed by atoms with Crippen LogP contribution in [0.4, 0.5) is 13.2 Å². The van der Waals surface area contributed by atoms with Gasteiger partial charge in [-0.2, -0.15) is 13.2 Å². The van der Waals surface area contributed by atoms with Crippen molar-refractivity contribution in [1.82, 2.24) is 20.2 Å². The number of hydrogen-bond donors (Lipinski definition) is 3. The molecule has 3 N–H and O–H groups in total. The molecule has 2 amide bonds. The van der Waals surface area contributed by atoms with E-state index in [1.807, 2.05) is 49.0 Å². The van der Waals surface area contributed by atoms with E-state index in [0.29, 0.717) is 12.8 Å². The lowest BCUT2D eigenvalue weighted by molar-refractivity contribution is -0.189. The molecule has 3 atom stereocenters. The SMILES string of the molecule is CC[C@@H](NC(C)=O)c1nc(-c2ccc(C[C@@H](CCO)NC(=O)c3ccc(O[C@H](C)C(F)(F)F)c(Cl)c3)cc2)cn1C. The van der Waals surface area contributed by atoms with Crippen molar-refractivity contribution in [3.05, 3.63) is 70.6 Å². The van der Waals surface area contributed by atoms with E-state index in [1.165, 1.54) is 25.1 Å². The summed E-state index contributed by atoms with van der Waals surface area (Å²) in [6.45, 7) is 4.16. The van der Waals surface area contributed by atoms with Crippen LogP contribution in [0.5, 0.6) is 5.75 Å². The smallest absolute Gasteiger partial charge is 0.425 e. The number of amides is 2. The molecule has 3 aromatic rings. The second-order valence-corrected chi connectivity index (χ2v) is 10.2. The van der Waals surface area contributed by atoms with Crippen molar-refractivity contribution in [2.45, 2.75) is 64.4 Å². The molecule has 0 saturated heterocycles. The van der Waals surface area contributed by atoms with Gasteiger partial charge in [0.1, 0.15) is 11.6 Å². The molecule has 3 rings (SSSR count). The molecule has 0 aliphatic rings. The third-order valence-electron chi connectivity index (χ3n) is 6.51. The first-order valence-corrected chi connectivity index (χ1v) is 13.5. The van der Waals surface area contributed by atoms with Crippen LogP contribution in [0.3, 0.4) is 0 Å². The number of aromatic nitrogens is 2. The van der Waals surface area contributed by atoms with Crippen LogP contribution < -0.4 is 15.4 Å². The Morgan fingerprint density at radius 2 is 1.83 bits per heavy atom. The van der Waals surface area contributed by atoms with E-state index in [2.05, 4.69) is 10.6 Å². The van der Waals surface area contributed by atoms with Crippen LogP contribution >= 0.6 is 11.6 Å². The fourth-order valence-corrected chi connectivity index (χ4v) is 4.50. The van der Waals surface area contributed by atoms with Crippen molar-refractivity contribution >= 4 is 23.4 Å². The zero-order chi connectivity index (χ0) is 30.3. The van der Waals surface area contributed by atoms with Gasteiger partial charge in [0.15, 0.2) is 6.10 Å². The van der Waals surface area contributed by atoms with E-state index in [0.717, 1.165) is 29.6 Å². The average Bonchev–Trinajstić information content (AvgIpc) is 3.29. The Morgan fingerprint density at radius 1 is 1.15 bits per heavy atom. The predicted octanol–water partition coefficient (Wildman–Crippen LogP) is 5.38. The second kappa shape index (κ2) is 13.9. The third-order valence-corrected chi connectivity index (χ3v) is 6.81. The minimum Gasteiger partial charge on any atom is -0.480 e. The summed E-state index contributed by atoms with van der Waals surface area (Å²) < 4.78 is 45.2. The summed E-state index contributed by atoms with van der Waals surface area (Å²) in [5.74, 6) is -0.0366. The number of imidazole rings is 1. The molecule has 8 nitrogen and oxygen atoms in total. The number of benzene rings is 2. The van der Waals surface area contributed by atoms with Gasteiger partial charge in [0, 0.05) is 43.9 Å². The maximum Gasteiger partial charge on any atom is 0.425 e. The van der Waals surface area contributed by atoms with Gasteiger partial charge >= 0.3 is 6.18 Å². The summed E-state index contributed by atoms with van der Waals surface area (Å²) in [5, 5.41) is 15.2. The predicted molar refractivity (Wildman–Crippen MR) is 150 cm³/mol. The molecule has 1 heterocycles. The van der Waals surface area contributed by atoms with Crippen LogP contribution in [0.25, 0.3) is 11.3 Å². The van der Waals surface area contributed by atoms with Gasteiger partial charge in [0.05, 0.1) is 16.8 Å². The van der Waals surface area contributed by atoms with Crippen molar-refractivity contribution in [3.8, 4) is 17.0 Å². The zero-order valence-electron chi connectivity index (χ0n) is 23.3. The maximum atomic E-state index is 12.9. The van der Waals surface area contributed by atoms with Gasteiger partial charge in [-0.05, 0) is 49.9 Å². The molecule has 1 aromatic heterocycles. The Bertz CT molecular complexity index is 1340. The number of aliphatic hydroxyl groups is 1. The van der Waals surface area contributed by atoms with Gasteiger partial charge in [-0.25, -0.2) is 4.98 Å². The lowest BCUT2D eigenvalue weighted by Crippen LogP contribution is -2.37. The number of aliphatic hydroxyl groups excluding tert-OH is 1. The number of carbonyl (C=O) groups excluding carboxylic acids is 2. The number of rotatable bonds is 12. The first-order valence-electron chi connectivity index (χ1n) is 13.2. The van der Waals surface area contributed by atoms with Crippen LogP contribution in [0.15, 0.2) is 48.7 Å². The van der Waals surface area contributed by atoms with Crippen LogP contribution in [0, 0.1) is 0 Å². The molecular weight excluding hydrogens is 561 g/mol. The van der Waals surface area contributed by atoms with Crippen LogP contribution in [0.2, 0.25) is 5.02 Å². The normalized spacial score (nSPS) is 13.8. The van der Waals surface area contributed by atoms with Crippen LogP contribution in [-0.2, 0) is 18.3 Å². The first kappa shape index (κ1) is 32.0. The number of halogens is 4. The van der Waals surface area contributed by atoms with E-state index >= 15 is 0 Å². The van der Waals surface area contributed by atoms with Gasteiger partial charge in [-0.15, -0.1) is 0 Å². The molecule has 0 unspecified atom stereocenters. The topological polar surface area (TPSA) is 105 Å². The van der Waals surface area contributed by atoms with E-state index in [4.69, 9.17) is 21.3 Å². The Balaban J connectivity index is 1.68. The largest absolute Gasteiger partial charge is 0.480 e. The number of alkyl halides is 3. The van der Waals surface area contributed by atoms with E-state index < -0.39 is 24.2 Å². The summed E-state index contributed by atoms with van der Waals surface area (Å²) in [7, 11) is 1.88. The molecule has 0 spiro atoms. The Hall–Kier alpha value is -3.57. The number of ether oxygens (including phenoxy) is 1. The quantitative estimate of drug-likeness (QED) is 0.261. The zero-order valence-corrected chi connectivity index (χ0v) is 24.0. The van der Waals surface area contributed by atoms with Gasteiger partial charge in [0.25, 0.3) is 5.91 Å². The standard InChI is InChI=1S/C29H34ClF3N4O4/c1-5-24(34-18(3)39)27-36-25(16-37(27)4)20-8-6-19(7-9-20)14-22(12-13-38)35-28(40)21-10-11-26(23(30)15-21)41-17(2)29(31,32)33/h6-11,15-17,22,24,38H,5,12-14H2,1-4H3,(H,34,39)(H,35,40)/t17-,22-,24-/m1/s1. The summed E-state index contributed by atoms with van der Waals surface area (Å²) in [5.41, 5.74) is 2.70. The molecule has 12 heteroatoms. The van der Waals surface area contributed by atoms with Crippen molar-refractivity contribution in [3.63, 3.8) is 0 Å². The fourth-order valence-electron chi connectivity index (χ4n) is 4.28. The molecule has 2 aromatic carbocycles. The highest BCUT2D eigenvalue weighted by atomic mass is 35.5. The van der Waals surface area contributed by atoms with E-state index in [1.54, 1.807) is 0 Å². The lowest BCUT2D eigenvalue weighted by atomic mass is 10.0. The highest BCUT2D eigenvalue weighted by Gasteiger charge is 2.38. The van der Waals surface area contributed by atoms with Gasteiger partial charge < -0.3 is 25.0 Å². The van der Waals surface area contributed by atoms with Gasteiger partial charge in [0.2, 0.25) is 5.91 Å². The third kappa shape index (κ3) is 8.71. The van der Waals surface area contributed by atoms with E-state index in [9.17, 15) is 27.9 Å². The van der Waals surface area contributed by atoms with Crippen molar-refractivity contribution in [2.24, 2.45) is 7.05 Å². The second-order valence-electron chi connectivity index (χ2n) is 9.79. The summed E-state index contributed by atoms with van der Waals surface area (Å²) in [6, 6.07) is 10.8. The highest BCUT2D eigenvalue weighted by molar-refractivity contribution is 6.32. The number of nitrogens with zero attached hydrogens (tertiary/aromatic N) is 2. The fraction of sp³-hybridized carbons (Fsp3) is 0.414. The Morgan fingerprint density at radius 3 is 2.39 bits per heavy atom. The highest BCUT2D eigenvalue weighted by Crippen LogP contribution is 2.31. The molecule has 0 aliphatic carbocycles. The monoisotopic (exact) mass is 594 g/mol. The molecule has 41 heavy (non-hydrogen) atoms. The van der Waals surface area contributed by atoms with Gasteiger partial charge in [-0.1, -0.05) is 42.8 Å². The minimum absolute atomic E-state index is 0.122. The van der Waals surface area contributed by atoms with Crippen molar-refractivity contribution in [2.75, 3.05) is 6.61 Å².